The largest absolute Gasteiger partial charge is 0.491 e. The van der Waals surface area contributed by atoms with Gasteiger partial charge in [-0.05, 0) is 23.5 Å². The Balaban J connectivity index is 3.47. The van der Waals surface area contributed by atoms with E-state index in [0.717, 1.165) is 0 Å². The van der Waals surface area contributed by atoms with Crippen molar-refractivity contribution in [3.63, 3.8) is 0 Å². The molecule has 0 fully saturated rings. The first kappa shape index (κ1) is 12.2. The highest BCUT2D eigenvalue weighted by Crippen LogP contribution is 2.22. The van der Waals surface area contributed by atoms with Gasteiger partial charge in [0.15, 0.2) is 0 Å². The Morgan fingerprint density at radius 1 is 1.20 bits per heavy atom. The molecule has 1 aromatic carbocycles. The molecule has 0 saturated heterocycles. The van der Waals surface area contributed by atoms with E-state index in [2.05, 4.69) is 0 Å². The van der Waals surface area contributed by atoms with Crippen LogP contribution >= 0.6 is 0 Å². The normalized spacial score (nSPS) is 11.7. The highest BCUT2D eigenvalue weighted by molar-refractivity contribution is 6.59. The molecule has 0 heterocycles. The number of hydrogen-bond donors (Lipinski definition) is 2. The molecule has 0 aromatic heterocycles. The van der Waals surface area contributed by atoms with E-state index in [-0.39, 0.29) is 10.9 Å². The first-order valence-electron chi connectivity index (χ1n) is 4.90. The molecule has 0 spiro atoms. The number of rotatable bonds is 1. The van der Waals surface area contributed by atoms with Crippen LogP contribution in [0.3, 0.4) is 0 Å². The summed E-state index contributed by atoms with van der Waals surface area (Å²) in [6.45, 7) is 7.32. The lowest BCUT2D eigenvalue weighted by atomic mass is 9.69. The predicted molar refractivity (Wildman–Crippen MR) is 59.7 cm³/mol. The van der Waals surface area contributed by atoms with Gasteiger partial charge in [0.25, 0.3) is 0 Å². The van der Waals surface area contributed by atoms with Gasteiger partial charge in [0.1, 0.15) is 5.82 Å². The number of hydrogen-bond acceptors (Lipinski definition) is 2. The minimum Gasteiger partial charge on any atom is -0.423 e. The minimum absolute atomic E-state index is 0.0116. The second-order valence-corrected chi connectivity index (χ2v) is 4.78. The van der Waals surface area contributed by atoms with Crippen molar-refractivity contribution in [1.82, 2.24) is 0 Å². The van der Waals surface area contributed by atoms with Crippen LogP contribution in [0.2, 0.25) is 0 Å². The molecule has 0 aliphatic carbocycles. The number of halogens is 1. The van der Waals surface area contributed by atoms with E-state index in [1.54, 1.807) is 19.1 Å². The zero-order valence-electron chi connectivity index (χ0n) is 9.50. The Kier molecular flexibility index (Phi) is 3.21. The molecule has 1 aromatic rings. The molecule has 0 bridgehead atoms. The fourth-order valence-corrected chi connectivity index (χ4v) is 1.61. The van der Waals surface area contributed by atoms with Crippen LogP contribution in [0.25, 0.3) is 0 Å². The van der Waals surface area contributed by atoms with Crippen molar-refractivity contribution in [2.45, 2.75) is 33.1 Å². The van der Waals surface area contributed by atoms with E-state index in [4.69, 9.17) is 0 Å². The molecule has 2 N–H and O–H groups in total. The maximum atomic E-state index is 13.7. The van der Waals surface area contributed by atoms with Crippen LogP contribution < -0.4 is 5.46 Å². The predicted octanol–water partition coefficient (Wildman–Crippen LogP) is 1.11. The Labute approximate surface area is 89.9 Å². The fraction of sp³-hybridized carbons (Fsp3) is 0.455. The standard InChI is InChI=1S/C11H16BFO2/c1-7-5-6-8(11(2,3)4)9(10(7)13)12(14)15/h5-6,14-15H,1-4H3. The average molecular weight is 210 g/mol. The van der Waals surface area contributed by atoms with Crippen LogP contribution in [0.4, 0.5) is 4.39 Å². The molecule has 0 aliphatic rings. The maximum absolute atomic E-state index is 13.7. The second-order valence-electron chi connectivity index (χ2n) is 4.78. The topological polar surface area (TPSA) is 40.5 Å². The summed E-state index contributed by atoms with van der Waals surface area (Å²) >= 11 is 0. The highest BCUT2D eigenvalue weighted by Gasteiger charge is 2.28. The van der Waals surface area contributed by atoms with Gasteiger partial charge < -0.3 is 10.0 Å². The van der Waals surface area contributed by atoms with Crippen molar-refractivity contribution in [3.05, 3.63) is 29.1 Å². The first-order chi connectivity index (χ1) is 6.75. The van der Waals surface area contributed by atoms with Gasteiger partial charge in [0.2, 0.25) is 0 Å². The van der Waals surface area contributed by atoms with Gasteiger partial charge in [0, 0.05) is 5.46 Å². The van der Waals surface area contributed by atoms with E-state index in [1.807, 2.05) is 20.8 Å². The van der Waals surface area contributed by atoms with Gasteiger partial charge in [-0.2, -0.15) is 0 Å². The third-order valence-electron chi connectivity index (χ3n) is 2.44. The van der Waals surface area contributed by atoms with Crippen molar-refractivity contribution < 1.29 is 14.4 Å². The summed E-state index contributed by atoms with van der Waals surface area (Å²) in [5.41, 5.74) is 0.724. The van der Waals surface area contributed by atoms with Crippen molar-refractivity contribution in [2.75, 3.05) is 0 Å². The second kappa shape index (κ2) is 3.95. The SMILES string of the molecule is Cc1ccc(C(C)(C)C)c(B(O)O)c1F. The summed E-state index contributed by atoms with van der Waals surface area (Å²) in [5.74, 6) is -0.530. The summed E-state index contributed by atoms with van der Waals surface area (Å²) in [4.78, 5) is 0. The zero-order valence-corrected chi connectivity index (χ0v) is 9.50. The van der Waals surface area contributed by atoms with Gasteiger partial charge in [-0.25, -0.2) is 4.39 Å². The molecule has 82 valence electrons. The lowest BCUT2D eigenvalue weighted by Gasteiger charge is -2.23. The first-order valence-corrected chi connectivity index (χ1v) is 4.90. The van der Waals surface area contributed by atoms with E-state index in [0.29, 0.717) is 11.1 Å². The van der Waals surface area contributed by atoms with E-state index in [1.165, 1.54) is 0 Å². The summed E-state index contributed by atoms with van der Waals surface area (Å²) in [5, 5.41) is 18.4. The van der Waals surface area contributed by atoms with Crippen molar-refractivity contribution >= 4 is 12.6 Å². The highest BCUT2D eigenvalue weighted by atomic mass is 19.1. The van der Waals surface area contributed by atoms with Crippen LogP contribution in [0.15, 0.2) is 12.1 Å². The van der Waals surface area contributed by atoms with Gasteiger partial charge in [-0.3, -0.25) is 0 Å². The van der Waals surface area contributed by atoms with Gasteiger partial charge >= 0.3 is 7.12 Å². The third-order valence-corrected chi connectivity index (χ3v) is 2.44. The summed E-state index contributed by atoms with van der Waals surface area (Å²) < 4.78 is 13.7. The monoisotopic (exact) mass is 210 g/mol. The lowest BCUT2D eigenvalue weighted by molar-refractivity contribution is 0.420. The molecule has 1 rings (SSSR count). The molecule has 4 heteroatoms. The van der Waals surface area contributed by atoms with Crippen molar-refractivity contribution in [2.24, 2.45) is 0 Å². The molecular formula is C11H16BFO2. The molecule has 0 atom stereocenters. The van der Waals surface area contributed by atoms with Crippen LogP contribution in [-0.4, -0.2) is 17.2 Å². The van der Waals surface area contributed by atoms with Crippen LogP contribution in [0.5, 0.6) is 0 Å². The zero-order chi connectivity index (χ0) is 11.8. The van der Waals surface area contributed by atoms with E-state index < -0.39 is 12.9 Å². The van der Waals surface area contributed by atoms with Crippen molar-refractivity contribution in [1.29, 1.82) is 0 Å². The third kappa shape index (κ3) is 2.38. The van der Waals surface area contributed by atoms with E-state index in [9.17, 15) is 14.4 Å². The molecule has 0 radical (unpaired) electrons. The Morgan fingerprint density at radius 3 is 2.13 bits per heavy atom. The van der Waals surface area contributed by atoms with Crippen LogP contribution in [-0.2, 0) is 5.41 Å². The molecule has 0 saturated carbocycles. The van der Waals surface area contributed by atoms with Gasteiger partial charge in [-0.15, -0.1) is 0 Å². The quantitative estimate of drug-likeness (QED) is 0.681. The molecule has 15 heavy (non-hydrogen) atoms. The van der Waals surface area contributed by atoms with Crippen LogP contribution in [0, 0.1) is 12.7 Å². The fourth-order valence-electron chi connectivity index (χ4n) is 1.61. The summed E-state index contributed by atoms with van der Waals surface area (Å²) in [6.07, 6.45) is 0. The van der Waals surface area contributed by atoms with Crippen LogP contribution in [0.1, 0.15) is 31.9 Å². The number of aryl methyl sites for hydroxylation is 1. The maximum Gasteiger partial charge on any atom is 0.491 e. The van der Waals surface area contributed by atoms with Gasteiger partial charge in [0.05, 0.1) is 0 Å². The molecule has 0 amide bonds. The smallest absolute Gasteiger partial charge is 0.423 e. The van der Waals surface area contributed by atoms with E-state index >= 15 is 0 Å². The molecular weight excluding hydrogens is 194 g/mol. The molecule has 0 unspecified atom stereocenters. The summed E-state index contributed by atoms with van der Waals surface area (Å²) in [7, 11) is -1.76. The Morgan fingerprint density at radius 2 is 1.73 bits per heavy atom. The average Bonchev–Trinajstić information content (AvgIpc) is 2.06. The van der Waals surface area contributed by atoms with Gasteiger partial charge in [-0.1, -0.05) is 32.9 Å². The molecule has 0 aliphatic heterocycles. The molecule has 2 nitrogen and oxygen atoms in total. The minimum atomic E-state index is -1.76. The number of benzene rings is 1. The van der Waals surface area contributed by atoms with Crippen molar-refractivity contribution in [3.8, 4) is 0 Å². The lowest BCUT2D eigenvalue weighted by Crippen LogP contribution is -2.40. The Bertz CT molecular complexity index is 370. The Hall–Kier alpha value is -0.865. The summed E-state index contributed by atoms with van der Waals surface area (Å²) in [6, 6.07) is 3.40.